The van der Waals surface area contributed by atoms with E-state index in [9.17, 15) is 14.7 Å². The molecular formula is C26H29Cl2N3O4. The molecule has 0 bridgehead atoms. The van der Waals surface area contributed by atoms with Gasteiger partial charge in [-0.15, -0.1) is 0 Å². The molecule has 1 atom stereocenters. The maximum atomic E-state index is 13.0. The number of rotatable bonds is 8. The molecule has 4 rings (SSSR count). The van der Waals surface area contributed by atoms with Crippen molar-refractivity contribution in [3.63, 3.8) is 0 Å². The number of ether oxygens (including phenoxy) is 1. The molecule has 9 heteroatoms. The third-order valence-electron chi connectivity index (χ3n) is 6.57. The van der Waals surface area contributed by atoms with E-state index >= 15 is 0 Å². The summed E-state index contributed by atoms with van der Waals surface area (Å²) in [6, 6.07) is 10.5. The van der Waals surface area contributed by atoms with E-state index < -0.39 is 12.0 Å². The summed E-state index contributed by atoms with van der Waals surface area (Å²) in [5, 5.41) is 14.5. The molecule has 0 spiro atoms. The van der Waals surface area contributed by atoms with Gasteiger partial charge in [-0.1, -0.05) is 36.5 Å². The summed E-state index contributed by atoms with van der Waals surface area (Å²) < 4.78 is 5.60. The smallest absolute Gasteiger partial charge is 0.320 e. The van der Waals surface area contributed by atoms with Crippen LogP contribution in [-0.2, 0) is 4.79 Å². The van der Waals surface area contributed by atoms with Gasteiger partial charge in [0.25, 0.3) is 5.91 Å². The summed E-state index contributed by atoms with van der Waals surface area (Å²) in [5.41, 5.74) is 3.00. The van der Waals surface area contributed by atoms with Crippen LogP contribution in [-0.4, -0.2) is 59.1 Å². The fourth-order valence-corrected chi connectivity index (χ4v) is 5.02. The van der Waals surface area contributed by atoms with Crippen LogP contribution in [0.3, 0.4) is 0 Å². The molecule has 1 aromatic heterocycles. The van der Waals surface area contributed by atoms with E-state index in [1.165, 1.54) is 0 Å². The Balaban J connectivity index is 1.45. The number of amides is 1. The molecule has 1 fully saturated rings. The normalized spacial score (nSPS) is 15.8. The number of carbonyl (C=O) groups excluding carboxylic acids is 1. The third kappa shape index (κ3) is 5.58. The first-order valence-electron chi connectivity index (χ1n) is 11.7. The van der Waals surface area contributed by atoms with Crippen LogP contribution in [0.5, 0.6) is 5.75 Å². The molecule has 2 aromatic carbocycles. The number of benzene rings is 2. The number of carboxylic acids is 1. The van der Waals surface area contributed by atoms with Gasteiger partial charge in [-0.2, -0.15) is 0 Å². The monoisotopic (exact) mass is 517 g/mol. The maximum Gasteiger partial charge on any atom is 0.320 e. The molecule has 0 saturated carbocycles. The first kappa shape index (κ1) is 25.4. The number of likely N-dealkylation sites (tertiary alicyclic amines) is 1. The summed E-state index contributed by atoms with van der Waals surface area (Å²) in [4.78, 5) is 29.9. The van der Waals surface area contributed by atoms with Gasteiger partial charge in [0.2, 0.25) is 0 Å². The van der Waals surface area contributed by atoms with Crippen LogP contribution in [0.25, 0.3) is 22.2 Å². The van der Waals surface area contributed by atoms with Gasteiger partial charge in [-0.25, -0.2) is 0 Å². The maximum absolute atomic E-state index is 13.0. The highest BCUT2D eigenvalue weighted by Gasteiger charge is 2.29. The number of aliphatic carboxylic acids is 1. The lowest BCUT2D eigenvalue weighted by molar-refractivity contribution is -0.144. The molecule has 1 unspecified atom stereocenters. The molecule has 0 radical (unpaired) electrons. The molecule has 7 nitrogen and oxygen atoms in total. The van der Waals surface area contributed by atoms with Gasteiger partial charge in [0.1, 0.15) is 11.8 Å². The predicted molar refractivity (Wildman–Crippen MR) is 139 cm³/mol. The van der Waals surface area contributed by atoms with Crippen LogP contribution < -0.4 is 10.1 Å². The number of nitrogens with one attached hydrogen (secondary N) is 2. The lowest BCUT2D eigenvalue weighted by Gasteiger charge is -2.35. The van der Waals surface area contributed by atoms with Crippen molar-refractivity contribution in [2.24, 2.45) is 0 Å². The van der Waals surface area contributed by atoms with Crippen molar-refractivity contribution in [2.75, 3.05) is 20.2 Å². The molecule has 2 heterocycles. The van der Waals surface area contributed by atoms with Gasteiger partial charge in [-0.05, 0) is 55.7 Å². The number of H-pyrrole nitrogens is 1. The highest BCUT2D eigenvalue weighted by Crippen LogP contribution is 2.35. The molecule has 1 aliphatic heterocycles. The Labute approximate surface area is 214 Å². The largest absolute Gasteiger partial charge is 0.496 e. The standard InChI is InChI=1S/C26H29Cl2N3O4/c1-3-4-23(26(33)34)31-9-7-17(8-10-31)29-25(32)15-5-6-18(24(13-15)35-2)22-12-16-11-19(27)20(28)14-21(16)30-22/h5-6,11-14,17,23,30H,3-4,7-10H2,1-2H3,(H,29,32)(H,33,34). The van der Waals surface area contributed by atoms with Crippen LogP contribution in [0, 0.1) is 0 Å². The average Bonchev–Trinajstić information content (AvgIpc) is 3.25. The number of aromatic nitrogens is 1. The van der Waals surface area contributed by atoms with Crippen LogP contribution in [0.1, 0.15) is 43.0 Å². The molecule has 35 heavy (non-hydrogen) atoms. The number of hydrogen-bond donors (Lipinski definition) is 3. The summed E-state index contributed by atoms with van der Waals surface area (Å²) in [5.74, 6) is -0.380. The quantitative estimate of drug-likeness (QED) is 0.361. The van der Waals surface area contributed by atoms with Gasteiger partial charge < -0.3 is 20.1 Å². The van der Waals surface area contributed by atoms with Crippen molar-refractivity contribution in [2.45, 2.75) is 44.7 Å². The fourth-order valence-electron chi connectivity index (χ4n) is 4.69. The molecule has 186 valence electrons. The topological polar surface area (TPSA) is 94.7 Å². The number of carboxylic acid groups (broad SMARTS) is 1. The molecule has 1 saturated heterocycles. The SMILES string of the molecule is CCCC(C(=O)O)N1CCC(NC(=O)c2ccc(-c3cc4cc(Cl)c(Cl)cc4[nH]3)c(OC)c2)CC1. The minimum Gasteiger partial charge on any atom is -0.496 e. The number of hydrogen-bond acceptors (Lipinski definition) is 4. The van der Waals surface area contributed by atoms with E-state index in [4.69, 9.17) is 27.9 Å². The number of methoxy groups -OCH3 is 1. The lowest BCUT2D eigenvalue weighted by atomic mass is 10.0. The summed E-state index contributed by atoms with van der Waals surface area (Å²) in [7, 11) is 1.57. The Morgan fingerprint density at radius 1 is 1.17 bits per heavy atom. The second-order valence-electron chi connectivity index (χ2n) is 8.88. The van der Waals surface area contributed by atoms with Crippen LogP contribution in [0.4, 0.5) is 0 Å². The Hall–Kier alpha value is -2.74. The van der Waals surface area contributed by atoms with Gasteiger partial charge in [-0.3, -0.25) is 14.5 Å². The number of carbonyl (C=O) groups is 2. The zero-order valence-corrected chi connectivity index (χ0v) is 21.2. The van der Waals surface area contributed by atoms with Crippen LogP contribution in [0.15, 0.2) is 36.4 Å². The number of piperidine rings is 1. The van der Waals surface area contributed by atoms with Crippen LogP contribution in [0.2, 0.25) is 10.0 Å². The van der Waals surface area contributed by atoms with Crippen molar-refractivity contribution in [3.05, 3.63) is 52.0 Å². The van der Waals surface area contributed by atoms with Gasteiger partial charge >= 0.3 is 5.97 Å². The second kappa shape index (κ2) is 10.9. The first-order valence-corrected chi connectivity index (χ1v) is 12.5. The van der Waals surface area contributed by atoms with Crippen molar-refractivity contribution in [3.8, 4) is 17.0 Å². The van der Waals surface area contributed by atoms with Crippen molar-refractivity contribution in [1.29, 1.82) is 0 Å². The Bertz CT molecular complexity index is 1200. The van der Waals surface area contributed by atoms with E-state index in [0.29, 0.717) is 53.7 Å². The molecule has 3 N–H and O–H groups in total. The first-order chi connectivity index (χ1) is 16.8. The number of aromatic amines is 1. The summed E-state index contributed by atoms with van der Waals surface area (Å²) in [6.07, 6.45) is 2.89. The molecule has 0 aliphatic carbocycles. The lowest BCUT2D eigenvalue weighted by Crippen LogP contribution is -2.50. The number of halogens is 2. The zero-order valence-electron chi connectivity index (χ0n) is 19.7. The van der Waals surface area contributed by atoms with Crippen molar-refractivity contribution < 1.29 is 19.4 Å². The summed E-state index contributed by atoms with van der Waals surface area (Å²) >= 11 is 12.3. The fraction of sp³-hybridized carbons (Fsp3) is 0.385. The van der Waals surface area contributed by atoms with Gasteiger partial charge in [0.05, 0.1) is 22.8 Å². The van der Waals surface area contributed by atoms with E-state index in [0.717, 1.165) is 28.6 Å². The molecular weight excluding hydrogens is 489 g/mol. The van der Waals surface area contributed by atoms with Crippen LogP contribution >= 0.6 is 23.2 Å². The minimum atomic E-state index is -0.775. The van der Waals surface area contributed by atoms with Gasteiger partial charge in [0.15, 0.2) is 0 Å². The molecule has 1 aliphatic rings. The Morgan fingerprint density at radius 2 is 1.89 bits per heavy atom. The minimum absolute atomic E-state index is 0.00342. The number of nitrogens with zero attached hydrogens (tertiary/aromatic N) is 1. The van der Waals surface area contributed by atoms with E-state index in [2.05, 4.69) is 10.3 Å². The van der Waals surface area contributed by atoms with E-state index in [1.807, 2.05) is 24.0 Å². The highest BCUT2D eigenvalue weighted by atomic mass is 35.5. The van der Waals surface area contributed by atoms with Crippen molar-refractivity contribution in [1.82, 2.24) is 15.2 Å². The van der Waals surface area contributed by atoms with E-state index in [-0.39, 0.29) is 11.9 Å². The summed E-state index contributed by atoms with van der Waals surface area (Å²) in [6.45, 7) is 3.29. The highest BCUT2D eigenvalue weighted by molar-refractivity contribution is 6.42. The average molecular weight is 518 g/mol. The number of fused-ring (bicyclic) bond motifs is 1. The molecule has 3 aromatic rings. The molecule has 1 amide bonds. The second-order valence-corrected chi connectivity index (χ2v) is 9.69. The Kier molecular flexibility index (Phi) is 7.89. The van der Waals surface area contributed by atoms with E-state index in [1.54, 1.807) is 31.4 Å². The third-order valence-corrected chi connectivity index (χ3v) is 7.29. The Morgan fingerprint density at radius 3 is 2.54 bits per heavy atom. The van der Waals surface area contributed by atoms with Crippen molar-refractivity contribution >= 4 is 46.0 Å². The zero-order chi connectivity index (χ0) is 25.1. The predicted octanol–water partition coefficient (Wildman–Crippen LogP) is 5.60. The van der Waals surface area contributed by atoms with Gasteiger partial charge in [0, 0.05) is 41.2 Å².